The van der Waals surface area contributed by atoms with E-state index >= 15 is 0 Å². The molecule has 1 aromatic rings. The Bertz CT molecular complexity index is 322. The maximum Gasteiger partial charge on any atom is 0.177 e. The van der Waals surface area contributed by atoms with E-state index in [2.05, 4.69) is 15.4 Å². The molecule has 7 nitrogen and oxygen atoms in total. The average Bonchev–Trinajstić information content (AvgIpc) is 2.59. The number of hydrogen-bond acceptors (Lipinski definition) is 6. The minimum Gasteiger partial charge on any atom is -0.390 e. The Hall–Kier alpha value is -1.05. The van der Waals surface area contributed by atoms with Crippen molar-refractivity contribution in [3.63, 3.8) is 0 Å². The molecule has 0 amide bonds. The molecule has 1 unspecified atom stereocenters. The number of rotatable bonds is 6. The van der Waals surface area contributed by atoms with Crippen molar-refractivity contribution in [3.8, 4) is 0 Å². The molecule has 0 aliphatic rings. The lowest BCUT2D eigenvalue weighted by atomic mass is 9.97. The summed E-state index contributed by atoms with van der Waals surface area (Å²) in [7, 11) is 4.74. The molecule has 1 heterocycles. The van der Waals surface area contributed by atoms with E-state index in [1.54, 1.807) is 14.0 Å². The monoisotopic (exact) mass is 230 g/mol. The molecule has 0 saturated heterocycles. The van der Waals surface area contributed by atoms with E-state index in [-0.39, 0.29) is 0 Å². The predicted octanol–water partition coefficient (Wildman–Crippen LogP) is -0.487. The van der Waals surface area contributed by atoms with Crippen molar-refractivity contribution < 1.29 is 14.6 Å². The Morgan fingerprint density at radius 2 is 2.06 bits per heavy atom. The Balaban J connectivity index is 2.57. The minimum atomic E-state index is -0.986. The number of ether oxygens (including phenoxy) is 2. The fourth-order valence-electron chi connectivity index (χ4n) is 1.43. The van der Waals surface area contributed by atoms with Gasteiger partial charge in [0.1, 0.15) is 0 Å². The molecule has 1 aromatic heterocycles. The lowest BCUT2D eigenvalue weighted by Gasteiger charge is -2.25. The number of hydrogen-bond donors (Lipinski definition) is 1. The number of methoxy groups -OCH3 is 2. The summed E-state index contributed by atoms with van der Waals surface area (Å²) in [4.78, 5) is 1.36. The maximum atomic E-state index is 10.1. The van der Waals surface area contributed by atoms with Gasteiger partial charge in [-0.25, -0.2) is 0 Å². The van der Waals surface area contributed by atoms with Crippen molar-refractivity contribution in [1.29, 1.82) is 0 Å². The first-order chi connectivity index (χ1) is 7.46. The Morgan fingerprint density at radius 3 is 2.50 bits per heavy atom. The molecule has 16 heavy (non-hydrogen) atoms. The van der Waals surface area contributed by atoms with E-state index in [4.69, 9.17) is 9.47 Å². The Labute approximate surface area is 94.4 Å². The highest BCUT2D eigenvalue weighted by Gasteiger charge is 2.27. The second-order valence-corrected chi connectivity index (χ2v) is 3.97. The van der Waals surface area contributed by atoms with Crippen LogP contribution in [0.1, 0.15) is 19.2 Å². The molecular weight excluding hydrogens is 212 g/mol. The van der Waals surface area contributed by atoms with Crippen molar-refractivity contribution in [2.24, 2.45) is 7.05 Å². The summed E-state index contributed by atoms with van der Waals surface area (Å²) >= 11 is 0. The van der Waals surface area contributed by atoms with Crippen molar-refractivity contribution >= 4 is 0 Å². The van der Waals surface area contributed by atoms with Crippen LogP contribution in [0, 0.1) is 0 Å². The number of tetrazole rings is 1. The highest BCUT2D eigenvalue weighted by molar-refractivity contribution is 4.88. The normalized spacial score (nSPS) is 15.4. The molecule has 0 fully saturated rings. The van der Waals surface area contributed by atoms with Gasteiger partial charge in [0.15, 0.2) is 12.1 Å². The summed E-state index contributed by atoms with van der Waals surface area (Å²) in [6.45, 7) is 1.69. The summed E-state index contributed by atoms with van der Waals surface area (Å²) in [5, 5.41) is 21.7. The zero-order valence-electron chi connectivity index (χ0n) is 10.0. The topological polar surface area (TPSA) is 82.3 Å². The first kappa shape index (κ1) is 13.0. The van der Waals surface area contributed by atoms with Crippen molar-refractivity contribution in [2.45, 2.75) is 31.7 Å². The van der Waals surface area contributed by atoms with Gasteiger partial charge in [0.2, 0.25) is 0 Å². The van der Waals surface area contributed by atoms with Crippen LogP contribution in [-0.4, -0.2) is 51.4 Å². The van der Waals surface area contributed by atoms with Crippen LogP contribution in [0.4, 0.5) is 0 Å². The van der Waals surface area contributed by atoms with E-state index in [1.807, 2.05) is 0 Å². The molecule has 0 aliphatic heterocycles. The number of aromatic nitrogens is 4. The van der Waals surface area contributed by atoms with Gasteiger partial charge in [0.25, 0.3) is 0 Å². The summed E-state index contributed by atoms with van der Waals surface area (Å²) in [5.41, 5.74) is -0.986. The fraction of sp³-hybridized carbons (Fsp3) is 0.889. The van der Waals surface area contributed by atoms with Gasteiger partial charge >= 0.3 is 0 Å². The summed E-state index contributed by atoms with van der Waals surface area (Å²) in [6.07, 6.45) is 0.217. The SMILES string of the molecule is COC(CC(C)(O)Cc1nnn(C)n1)OC. The van der Waals surface area contributed by atoms with E-state index in [9.17, 15) is 5.11 Å². The number of nitrogens with zero attached hydrogens (tertiary/aromatic N) is 4. The molecule has 0 radical (unpaired) electrons. The molecule has 92 valence electrons. The third-order valence-electron chi connectivity index (χ3n) is 2.22. The highest BCUT2D eigenvalue weighted by atomic mass is 16.7. The highest BCUT2D eigenvalue weighted by Crippen LogP contribution is 2.18. The van der Waals surface area contributed by atoms with Crippen molar-refractivity contribution in [1.82, 2.24) is 20.2 Å². The van der Waals surface area contributed by atoms with Gasteiger partial charge in [-0.3, -0.25) is 0 Å². The van der Waals surface area contributed by atoms with Crippen LogP contribution in [0.15, 0.2) is 0 Å². The molecule has 7 heteroatoms. The summed E-state index contributed by atoms with van der Waals surface area (Å²) in [6, 6.07) is 0. The van der Waals surface area contributed by atoms with Crippen LogP contribution in [0.3, 0.4) is 0 Å². The molecule has 0 bridgehead atoms. The molecule has 1 atom stereocenters. The van der Waals surface area contributed by atoms with Gasteiger partial charge in [-0.2, -0.15) is 4.80 Å². The quantitative estimate of drug-likeness (QED) is 0.664. The van der Waals surface area contributed by atoms with Crippen LogP contribution < -0.4 is 0 Å². The van der Waals surface area contributed by atoms with Gasteiger partial charge in [-0.15, -0.1) is 10.2 Å². The van der Waals surface area contributed by atoms with Crippen molar-refractivity contribution in [2.75, 3.05) is 14.2 Å². The standard InChI is InChI=1S/C9H18N4O3/c1-9(14,6-8(15-3)16-4)5-7-10-12-13(2)11-7/h8,14H,5-6H2,1-4H3. The van der Waals surface area contributed by atoms with E-state index in [1.165, 1.54) is 19.0 Å². The van der Waals surface area contributed by atoms with Crippen molar-refractivity contribution in [3.05, 3.63) is 5.82 Å². The average molecular weight is 230 g/mol. The summed E-state index contributed by atoms with van der Waals surface area (Å²) < 4.78 is 10.1. The molecule has 0 spiro atoms. The first-order valence-corrected chi connectivity index (χ1v) is 4.97. The zero-order chi connectivity index (χ0) is 12.2. The third-order valence-corrected chi connectivity index (χ3v) is 2.22. The van der Waals surface area contributed by atoms with E-state index < -0.39 is 11.9 Å². The predicted molar refractivity (Wildman–Crippen MR) is 55.5 cm³/mol. The Morgan fingerprint density at radius 1 is 1.44 bits per heavy atom. The van der Waals surface area contributed by atoms with Gasteiger partial charge in [0.05, 0.1) is 12.6 Å². The number of aliphatic hydroxyl groups is 1. The maximum absolute atomic E-state index is 10.1. The second-order valence-electron chi connectivity index (χ2n) is 3.97. The number of aryl methyl sites for hydroxylation is 1. The molecule has 0 aromatic carbocycles. The first-order valence-electron chi connectivity index (χ1n) is 4.97. The lowest BCUT2D eigenvalue weighted by molar-refractivity contribution is -0.140. The van der Waals surface area contributed by atoms with Gasteiger partial charge in [0, 0.05) is 27.1 Å². The van der Waals surface area contributed by atoms with Crippen LogP contribution in [-0.2, 0) is 22.9 Å². The van der Waals surface area contributed by atoms with E-state index in [0.29, 0.717) is 18.7 Å². The molecule has 0 aliphatic carbocycles. The van der Waals surface area contributed by atoms with Crippen LogP contribution >= 0.6 is 0 Å². The zero-order valence-corrected chi connectivity index (χ0v) is 10.0. The Kier molecular flexibility index (Phi) is 4.34. The van der Waals surface area contributed by atoms with Crippen LogP contribution in [0.5, 0.6) is 0 Å². The second kappa shape index (κ2) is 5.33. The van der Waals surface area contributed by atoms with Crippen LogP contribution in [0.2, 0.25) is 0 Å². The minimum absolute atomic E-state index is 0.310. The molecule has 0 saturated carbocycles. The molecule has 1 N–H and O–H groups in total. The van der Waals surface area contributed by atoms with Gasteiger partial charge in [-0.05, 0) is 12.1 Å². The molecule has 1 rings (SSSR count). The van der Waals surface area contributed by atoms with Gasteiger partial charge in [-0.1, -0.05) is 0 Å². The largest absolute Gasteiger partial charge is 0.390 e. The van der Waals surface area contributed by atoms with Gasteiger partial charge < -0.3 is 14.6 Å². The van der Waals surface area contributed by atoms with E-state index in [0.717, 1.165) is 0 Å². The van der Waals surface area contributed by atoms with Crippen LogP contribution in [0.25, 0.3) is 0 Å². The molecular formula is C9H18N4O3. The lowest BCUT2D eigenvalue weighted by Crippen LogP contribution is -2.34. The smallest absolute Gasteiger partial charge is 0.177 e. The summed E-state index contributed by atoms with van der Waals surface area (Å²) in [5.74, 6) is 0.499. The third kappa shape index (κ3) is 3.84. The fourth-order valence-corrected chi connectivity index (χ4v) is 1.43.